The molecule has 8 heteroatoms. The number of nitriles is 1. The molecule has 0 saturated heterocycles. The molecule has 1 atom stereocenters. The zero-order valence-electron chi connectivity index (χ0n) is 16.8. The molecule has 0 bridgehead atoms. The molecule has 1 saturated carbocycles. The van der Waals surface area contributed by atoms with Crippen molar-refractivity contribution in [2.75, 3.05) is 0 Å². The highest BCUT2D eigenvalue weighted by Gasteiger charge is 2.38. The largest absolute Gasteiger partial charge is 0.474 e. The summed E-state index contributed by atoms with van der Waals surface area (Å²) in [5.74, 6) is 1.47. The third kappa shape index (κ3) is 2.77. The lowest BCUT2D eigenvalue weighted by Gasteiger charge is -2.34. The molecule has 4 heterocycles. The topological polar surface area (TPSA) is 90.1 Å². The Morgan fingerprint density at radius 3 is 2.74 bits per heavy atom. The van der Waals surface area contributed by atoms with Crippen molar-refractivity contribution in [1.82, 2.24) is 24.0 Å². The van der Waals surface area contributed by atoms with Crippen LogP contribution in [0.3, 0.4) is 0 Å². The van der Waals surface area contributed by atoms with Gasteiger partial charge in [0, 0.05) is 25.3 Å². The Labute approximate surface area is 177 Å². The predicted molar refractivity (Wildman–Crippen MR) is 112 cm³/mol. The fourth-order valence-corrected chi connectivity index (χ4v) is 4.73. The van der Waals surface area contributed by atoms with E-state index in [2.05, 4.69) is 28.4 Å². The van der Waals surface area contributed by atoms with Crippen molar-refractivity contribution < 1.29 is 4.74 Å². The number of nitrogens with zero attached hydrogens (tertiary/aromatic N) is 6. The summed E-state index contributed by atoms with van der Waals surface area (Å²) in [6.07, 6.45) is 4.80. The maximum absolute atomic E-state index is 13.1. The zero-order chi connectivity index (χ0) is 20.9. The molecule has 2 aliphatic rings. The fraction of sp³-hybridized carbons (Fsp3) is 0.304. The Kier molecular flexibility index (Phi) is 3.96. The summed E-state index contributed by atoms with van der Waals surface area (Å²) in [5.41, 5.74) is 2.41. The smallest absolute Gasteiger partial charge is 0.346 e. The van der Waals surface area contributed by atoms with Crippen LogP contribution < -0.4 is 10.4 Å². The van der Waals surface area contributed by atoms with E-state index < -0.39 is 0 Å². The van der Waals surface area contributed by atoms with E-state index in [9.17, 15) is 10.1 Å². The van der Waals surface area contributed by atoms with Gasteiger partial charge < -0.3 is 4.74 Å². The second kappa shape index (κ2) is 6.84. The van der Waals surface area contributed by atoms with Crippen molar-refractivity contribution in [3.05, 3.63) is 82.2 Å². The summed E-state index contributed by atoms with van der Waals surface area (Å²) in [7, 11) is 0. The highest BCUT2D eigenvalue weighted by molar-refractivity contribution is 5.61. The third-order valence-corrected chi connectivity index (χ3v) is 6.38. The number of benzene rings is 1. The Balaban J connectivity index is 1.20. The van der Waals surface area contributed by atoms with Crippen LogP contribution in [0.4, 0.5) is 0 Å². The molecule has 0 amide bonds. The number of pyridine rings is 1. The van der Waals surface area contributed by atoms with Crippen LogP contribution >= 0.6 is 0 Å². The fourth-order valence-electron chi connectivity index (χ4n) is 4.73. The number of fused-ring (bicyclic) bond motifs is 2. The van der Waals surface area contributed by atoms with E-state index in [1.54, 1.807) is 33.6 Å². The Bertz CT molecular complexity index is 1370. The average molecular weight is 412 g/mol. The van der Waals surface area contributed by atoms with Crippen LogP contribution in [-0.2, 0) is 6.42 Å². The summed E-state index contributed by atoms with van der Waals surface area (Å²) in [5, 5.41) is 18.2. The van der Waals surface area contributed by atoms with Crippen LogP contribution in [0.1, 0.15) is 48.3 Å². The van der Waals surface area contributed by atoms with Gasteiger partial charge in [-0.25, -0.2) is 9.48 Å². The van der Waals surface area contributed by atoms with Crippen molar-refractivity contribution in [3.63, 3.8) is 0 Å². The predicted octanol–water partition coefficient (Wildman–Crippen LogP) is 2.88. The van der Waals surface area contributed by atoms with Gasteiger partial charge in [-0.1, -0.05) is 30.3 Å². The second-order valence-electron chi connectivity index (χ2n) is 8.17. The summed E-state index contributed by atoms with van der Waals surface area (Å²) in [6.45, 7) is 0. The Hall–Kier alpha value is -3.86. The van der Waals surface area contributed by atoms with Gasteiger partial charge >= 0.3 is 5.69 Å². The molecule has 0 radical (unpaired) electrons. The first-order chi connectivity index (χ1) is 15.2. The van der Waals surface area contributed by atoms with Gasteiger partial charge in [0.2, 0.25) is 5.88 Å². The van der Waals surface area contributed by atoms with Gasteiger partial charge in [0.25, 0.3) is 0 Å². The van der Waals surface area contributed by atoms with E-state index in [0.717, 1.165) is 42.6 Å². The molecule has 3 aromatic heterocycles. The van der Waals surface area contributed by atoms with E-state index in [1.165, 1.54) is 0 Å². The molecule has 0 spiro atoms. The molecule has 154 valence electrons. The van der Waals surface area contributed by atoms with Gasteiger partial charge in [-0.2, -0.15) is 20.0 Å². The van der Waals surface area contributed by atoms with Crippen LogP contribution in [0.25, 0.3) is 5.52 Å². The molecule has 8 nitrogen and oxygen atoms in total. The van der Waals surface area contributed by atoms with E-state index >= 15 is 0 Å². The number of aryl methyl sites for hydroxylation is 1. The van der Waals surface area contributed by atoms with Crippen LogP contribution in [0.2, 0.25) is 0 Å². The lowest BCUT2D eigenvalue weighted by Crippen LogP contribution is -2.41. The van der Waals surface area contributed by atoms with Crippen LogP contribution in [0, 0.1) is 11.3 Å². The van der Waals surface area contributed by atoms with Crippen LogP contribution in [0.15, 0.2) is 59.5 Å². The molecule has 0 unspecified atom stereocenters. The average Bonchev–Trinajstić information content (AvgIpc) is 3.48. The summed E-state index contributed by atoms with van der Waals surface area (Å²) >= 11 is 0. The van der Waals surface area contributed by atoms with Gasteiger partial charge in [0.05, 0.1) is 29.4 Å². The monoisotopic (exact) mass is 412 g/mol. The first-order valence-electron chi connectivity index (χ1n) is 10.5. The minimum atomic E-state index is -0.0300. The molecule has 0 N–H and O–H groups in total. The van der Waals surface area contributed by atoms with E-state index in [4.69, 9.17) is 4.74 Å². The van der Waals surface area contributed by atoms with Crippen molar-refractivity contribution in [2.45, 2.75) is 43.9 Å². The van der Waals surface area contributed by atoms with Crippen molar-refractivity contribution >= 4 is 5.52 Å². The molecule has 1 aromatic carbocycles. The summed E-state index contributed by atoms with van der Waals surface area (Å²) < 4.78 is 11.3. The molecule has 6 rings (SSSR count). The molecule has 1 fully saturated rings. The number of ether oxygens (including phenoxy) is 1. The molecular formula is C23H20N6O2. The molecule has 31 heavy (non-hydrogen) atoms. The minimum Gasteiger partial charge on any atom is -0.474 e. The van der Waals surface area contributed by atoms with Gasteiger partial charge in [0.1, 0.15) is 18.0 Å². The van der Waals surface area contributed by atoms with Gasteiger partial charge in [-0.3, -0.25) is 4.57 Å². The quantitative estimate of drug-likeness (QED) is 0.514. The SMILES string of the molecule is N#Cc1ccc(OC2CC(n3nc4n(c3=O)[C@H](c3ccccc3)CC4)C2)n2nccc12. The van der Waals surface area contributed by atoms with Crippen molar-refractivity contribution in [2.24, 2.45) is 0 Å². The first-order valence-corrected chi connectivity index (χ1v) is 10.5. The maximum Gasteiger partial charge on any atom is 0.346 e. The van der Waals surface area contributed by atoms with Crippen LogP contribution in [0.5, 0.6) is 5.88 Å². The van der Waals surface area contributed by atoms with E-state index in [1.807, 2.05) is 22.8 Å². The number of aromatic nitrogens is 5. The van der Waals surface area contributed by atoms with Gasteiger partial charge in [0.15, 0.2) is 0 Å². The third-order valence-electron chi connectivity index (χ3n) is 6.38. The second-order valence-corrected chi connectivity index (χ2v) is 8.17. The number of hydrogen-bond acceptors (Lipinski definition) is 5. The van der Waals surface area contributed by atoms with Crippen molar-refractivity contribution in [1.29, 1.82) is 5.26 Å². The maximum atomic E-state index is 13.1. The zero-order valence-corrected chi connectivity index (χ0v) is 16.8. The normalized spacial score (nSPS) is 22.1. The molecule has 4 aromatic rings. The Morgan fingerprint density at radius 1 is 1.10 bits per heavy atom. The van der Waals surface area contributed by atoms with Crippen molar-refractivity contribution in [3.8, 4) is 11.9 Å². The highest BCUT2D eigenvalue weighted by atomic mass is 16.5. The Morgan fingerprint density at radius 2 is 1.94 bits per heavy atom. The molecular weight excluding hydrogens is 392 g/mol. The standard InChI is InChI=1S/C23H20N6O2/c24-14-16-6-9-22(29-20(16)10-11-25-29)31-18-12-17(13-18)28-23(30)27-19(7-8-21(27)26-28)15-4-2-1-3-5-15/h1-6,9-11,17-19H,7-8,12-13H2/t17?,18?,19-/m0/s1. The molecule has 1 aliphatic carbocycles. The lowest BCUT2D eigenvalue weighted by molar-refractivity contribution is 0.0565. The minimum absolute atomic E-state index is 0.0151. The van der Waals surface area contributed by atoms with E-state index in [-0.39, 0.29) is 23.9 Å². The summed E-state index contributed by atoms with van der Waals surface area (Å²) in [4.78, 5) is 13.1. The first kappa shape index (κ1) is 18.0. The van der Waals surface area contributed by atoms with E-state index in [0.29, 0.717) is 11.4 Å². The number of rotatable bonds is 4. The lowest BCUT2D eigenvalue weighted by atomic mass is 9.89. The van der Waals surface area contributed by atoms with Gasteiger partial charge in [-0.05, 0) is 24.1 Å². The number of hydrogen-bond donors (Lipinski definition) is 0. The highest BCUT2D eigenvalue weighted by Crippen LogP contribution is 2.36. The molecule has 1 aliphatic heterocycles. The van der Waals surface area contributed by atoms with Gasteiger partial charge in [-0.15, -0.1) is 0 Å². The summed E-state index contributed by atoms with van der Waals surface area (Å²) in [6, 6.07) is 17.7. The van der Waals surface area contributed by atoms with Crippen LogP contribution in [-0.4, -0.2) is 30.1 Å².